The van der Waals surface area contributed by atoms with Crippen molar-refractivity contribution in [1.82, 2.24) is 0 Å². The van der Waals surface area contributed by atoms with E-state index in [9.17, 15) is 26.4 Å². The molecule has 3 rings (SSSR count). The second kappa shape index (κ2) is 7.91. The monoisotopic (exact) mass is 430 g/mol. The van der Waals surface area contributed by atoms with Crippen molar-refractivity contribution in [3.8, 4) is 0 Å². The van der Waals surface area contributed by atoms with Gasteiger partial charge in [0, 0.05) is 13.1 Å². The molecule has 0 unspecified atom stereocenters. The lowest BCUT2D eigenvalue weighted by Gasteiger charge is -2.31. The number of sulfonamides is 1. The van der Waals surface area contributed by atoms with Crippen molar-refractivity contribution in [1.29, 1.82) is 0 Å². The Kier molecular flexibility index (Phi) is 5.71. The number of nitrogens with one attached hydrogen (secondary N) is 1. The van der Waals surface area contributed by atoms with Crippen molar-refractivity contribution in [2.45, 2.75) is 11.1 Å². The average molecular weight is 430 g/mol. The molecule has 0 saturated carbocycles. The van der Waals surface area contributed by atoms with Crippen molar-refractivity contribution >= 4 is 27.4 Å². The molecule has 0 spiro atoms. The van der Waals surface area contributed by atoms with E-state index < -0.39 is 27.7 Å². The van der Waals surface area contributed by atoms with E-state index in [4.69, 9.17) is 9.84 Å². The Hall–Kier alpha value is -2.79. The van der Waals surface area contributed by atoms with Gasteiger partial charge in [-0.15, -0.1) is 0 Å². The Balaban J connectivity index is 2.03. The first-order chi connectivity index (χ1) is 13.6. The topological polar surface area (TPSA) is 95.9 Å². The summed E-state index contributed by atoms with van der Waals surface area (Å²) in [6, 6.07) is 7.37. The van der Waals surface area contributed by atoms with Gasteiger partial charge < -0.3 is 14.7 Å². The van der Waals surface area contributed by atoms with Crippen LogP contribution in [0.1, 0.15) is 15.9 Å². The standard InChI is InChI=1S/C18H17F3N2O5S/c19-18(20,21)13-4-5-16(23-6-8-28-9-7-23)15(11-13)22-29(26,27)14-3-1-2-12(10-14)17(24)25/h1-5,10-11,22H,6-9H2,(H,24,25). The van der Waals surface area contributed by atoms with Gasteiger partial charge in [0.1, 0.15) is 0 Å². The number of halogens is 3. The van der Waals surface area contributed by atoms with Gasteiger partial charge in [-0.3, -0.25) is 4.72 Å². The zero-order chi connectivity index (χ0) is 21.2. The summed E-state index contributed by atoms with van der Waals surface area (Å²) < 4.78 is 72.4. The van der Waals surface area contributed by atoms with Crippen molar-refractivity contribution in [2.75, 3.05) is 35.9 Å². The molecule has 0 bridgehead atoms. The van der Waals surface area contributed by atoms with Crippen LogP contribution >= 0.6 is 0 Å². The molecule has 7 nitrogen and oxygen atoms in total. The highest BCUT2D eigenvalue weighted by Gasteiger charge is 2.32. The van der Waals surface area contributed by atoms with E-state index in [1.54, 1.807) is 4.90 Å². The van der Waals surface area contributed by atoms with Gasteiger partial charge in [-0.1, -0.05) is 6.07 Å². The minimum absolute atomic E-state index is 0.248. The van der Waals surface area contributed by atoms with E-state index in [1.807, 2.05) is 0 Å². The molecular formula is C18H17F3N2O5S. The molecule has 0 aromatic heterocycles. The molecule has 11 heteroatoms. The van der Waals surface area contributed by atoms with Crippen LogP contribution in [0, 0.1) is 0 Å². The number of nitrogens with zero attached hydrogens (tertiary/aromatic N) is 1. The molecule has 1 saturated heterocycles. The van der Waals surface area contributed by atoms with Crippen LogP contribution in [0.4, 0.5) is 24.5 Å². The van der Waals surface area contributed by atoms with Crippen molar-refractivity contribution < 1.29 is 36.2 Å². The van der Waals surface area contributed by atoms with Gasteiger partial charge in [0.05, 0.1) is 40.6 Å². The van der Waals surface area contributed by atoms with Gasteiger partial charge in [0.15, 0.2) is 0 Å². The number of benzene rings is 2. The maximum Gasteiger partial charge on any atom is 0.416 e. The van der Waals surface area contributed by atoms with Gasteiger partial charge in [-0.2, -0.15) is 13.2 Å². The average Bonchev–Trinajstić information content (AvgIpc) is 2.67. The molecule has 0 amide bonds. The number of aromatic carboxylic acids is 1. The first-order valence-electron chi connectivity index (χ1n) is 8.48. The van der Waals surface area contributed by atoms with Crippen LogP contribution in [0.5, 0.6) is 0 Å². The van der Waals surface area contributed by atoms with Crippen molar-refractivity contribution in [2.24, 2.45) is 0 Å². The molecule has 0 aliphatic carbocycles. The zero-order valence-corrected chi connectivity index (χ0v) is 15.8. The second-order valence-corrected chi connectivity index (χ2v) is 7.95. The molecule has 2 N–H and O–H groups in total. The zero-order valence-electron chi connectivity index (χ0n) is 14.9. The fourth-order valence-electron chi connectivity index (χ4n) is 2.87. The smallest absolute Gasteiger partial charge is 0.416 e. The Labute approximate surface area is 164 Å². The SMILES string of the molecule is O=C(O)c1cccc(S(=O)(=O)Nc2cc(C(F)(F)F)ccc2N2CCOCC2)c1. The predicted molar refractivity (Wildman–Crippen MR) is 98.7 cm³/mol. The van der Waals surface area contributed by atoms with Crippen LogP contribution in [-0.2, 0) is 20.9 Å². The summed E-state index contributed by atoms with van der Waals surface area (Å²) in [5.74, 6) is -1.32. The molecule has 1 fully saturated rings. The van der Waals surface area contributed by atoms with Gasteiger partial charge in [0.25, 0.3) is 10.0 Å². The van der Waals surface area contributed by atoms with Crippen LogP contribution in [0.25, 0.3) is 0 Å². The number of carbonyl (C=O) groups is 1. The third-order valence-corrected chi connectivity index (χ3v) is 5.67. The molecule has 29 heavy (non-hydrogen) atoms. The van der Waals surface area contributed by atoms with E-state index in [1.165, 1.54) is 18.2 Å². The normalized spacial score (nSPS) is 15.2. The van der Waals surface area contributed by atoms with Crippen LogP contribution in [0.15, 0.2) is 47.4 Å². The third-order valence-electron chi connectivity index (χ3n) is 4.31. The molecule has 156 valence electrons. The largest absolute Gasteiger partial charge is 0.478 e. The van der Waals surface area contributed by atoms with Crippen LogP contribution in [0.2, 0.25) is 0 Å². The number of ether oxygens (including phenoxy) is 1. The van der Waals surface area contributed by atoms with Gasteiger partial charge >= 0.3 is 12.1 Å². The quantitative estimate of drug-likeness (QED) is 0.757. The van der Waals surface area contributed by atoms with Crippen molar-refractivity contribution in [3.63, 3.8) is 0 Å². The van der Waals surface area contributed by atoms with Crippen LogP contribution in [0.3, 0.4) is 0 Å². The van der Waals surface area contributed by atoms with Gasteiger partial charge in [0.2, 0.25) is 0 Å². The predicted octanol–water partition coefficient (Wildman–Crippen LogP) is 3.04. The molecular weight excluding hydrogens is 413 g/mol. The maximum absolute atomic E-state index is 13.2. The fraction of sp³-hybridized carbons (Fsp3) is 0.278. The number of anilines is 2. The highest BCUT2D eigenvalue weighted by molar-refractivity contribution is 7.92. The van der Waals surface area contributed by atoms with E-state index >= 15 is 0 Å². The lowest BCUT2D eigenvalue weighted by molar-refractivity contribution is -0.137. The molecule has 1 aliphatic rings. The summed E-state index contributed by atoms with van der Waals surface area (Å²) in [6.45, 7) is 1.48. The third kappa shape index (κ3) is 4.80. The Morgan fingerprint density at radius 1 is 1.10 bits per heavy atom. The Morgan fingerprint density at radius 2 is 1.79 bits per heavy atom. The maximum atomic E-state index is 13.2. The molecule has 0 radical (unpaired) electrons. The van der Waals surface area contributed by atoms with E-state index in [-0.39, 0.29) is 21.8 Å². The molecule has 2 aromatic rings. The minimum Gasteiger partial charge on any atom is -0.478 e. The number of carboxylic acids is 1. The van der Waals surface area contributed by atoms with Crippen LogP contribution < -0.4 is 9.62 Å². The molecule has 0 atom stereocenters. The molecule has 1 aliphatic heterocycles. The van der Waals surface area contributed by atoms with Crippen LogP contribution in [-0.4, -0.2) is 45.8 Å². The Morgan fingerprint density at radius 3 is 2.41 bits per heavy atom. The van der Waals surface area contributed by atoms with Gasteiger partial charge in [-0.25, -0.2) is 13.2 Å². The summed E-state index contributed by atoms with van der Waals surface area (Å²) in [7, 11) is -4.33. The second-order valence-electron chi connectivity index (χ2n) is 6.27. The summed E-state index contributed by atoms with van der Waals surface area (Å²) in [6.07, 6.45) is -4.66. The summed E-state index contributed by atoms with van der Waals surface area (Å²) in [5.41, 5.74) is -1.24. The summed E-state index contributed by atoms with van der Waals surface area (Å²) in [4.78, 5) is 12.4. The van der Waals surface area contributed by atoms with Crippen molar-refractivity contribution in [3.05, 3.63) is 53.6 Å². The van der Waals surface area contributed by atoms with E-state index in [0.29, 0.717) is 26.3 Å². The number of morpholine rings is 1. The number of carboxylic acid groups (broad SMARTS) is 1. The summed E-state index contributed by atoms with van der Waals surface area (Å²) in [5, 5.41) is 9.05. The lowest BCUT2D eigenvalue weighted by Crippen LogP contribution is -2.36. The minimum atomic E-state index is -4.66. The number of hydrogen-bond donors (Lipinski definition) is 2. The highest BCUT2D eigenvalue weighted by Crippen LogP contribution is 2.36. The van der Waals surface area contributed by atoms with E-state index in [2.05, 4.69) is 4.72 Å². The first kappa shape index (κ1) is 20.9. The fourth-order valence-corrected chi connectivity index (χ4v) is 3.98. The highest BCUT2D eigenvalue weighted by atomic mass is 32.2. The lowest BCUT2D eigenvalue weighted by atomic mass is 10.1. The molecule has 2 aromatic carbocycles. The van der Waals surface area contributed by atoms with Gasteiger partial charge in [-0.05, 0) is 36.4 Å². The molecule has 1 heterocycles. The van der Waals surface area contributed by atoms with E-state index in [0.717, 1.165) is 24.3 Å². The number of rotatable bonds is 5. The Bertz CT molecular complexity index is 1020. The number of hydrogen-bond acceptors (Lipinski definition) is 5. The first-order valence-corrected chi connectivity index (χ1v) is 9.96. The number of alkyl halides is 3. The summed E-state index contributed by atoms with van der Waals surface area (Å²) >= 11 is 0.